The van der Waals surface area contributed by atoms with Crippen LogP contribution in [-0.2, 0) is 20.7 Å². The maximum atomic E-state index is 13.3. The molecule has 1 N–H and O–H groups in total. The zero-order valence-corrected chi connectivity index (χ0v) is 17.5. The highest BCUT2D eigenvalue weighted by molar-refractivity contribution is 5.88. The molecular formula is C24H29N3O3. The summed E-state index contributed by atoms with van der Waals surface area (Å²) < 4.78 is 6.15. The summed E-state index contributed by atoms with van der Waals surface area (Å²) in [6, 6.07) is 12.3. The van der Waals surface area contributed by atoms with E-state index in [1.165, 1.54) is 0 Å². The molecule has 4 rings (SSSR count). The summed E-state index contributed by atoms with van der Waals surface area (Å²) >= 11 is 0. The zero-order valence-electron chi connectivity index (χ0n) is 17.5. The number of aromatic nitrogens is 1. The van der Waals surface area contributed by atoms with Gasteiger partial charge in [0.05, 0.1) is 13.2 Å². The van der Waals surface area contributed by atoms with E-state index >= 15 is 0 Å². The Morgan fingerprint density at radius 3 is 2.80 bits per heavy atom. The third kappa shape index (κ3) is 4.70. The molecule has 1 aromatic carbocycles. The molecule has 0 spiro atoms. The third-order valence-electron chi connectivity index (χ3n) is 5.74. The second-order valence-corrected chi connectivity index (χ2v) is 8.27. The summed E-state index contributed by atoms with van der Waals surface area (Å²) in [7, 11) is 0. The summed E-state index contributed by atoms with van der Waals surface area (Å²) in [6.45, 7) is 3.19. The van der Waals surface area contributed by atoms with Crippen LogP contribution < -0.4 is 5.32 Å². The predicted octanol–water partition coefficient (Wildman–Crippen LogP) is 2.97. The lowest BCUT2D eigenvalue weighted by Gasteiger charge is -2.42. The smallest absolute Gasteiger partial charge is 0.254 e. The average molecular weight is 408 g/mol. The van der Waals surface area contributed by atoms with Crippen LogP contribution >= 0.6 is 0 Å². The molecule has 6 nitrogen and oxygen atoms in total. The summed E-state index contributed by atoms with van der Waals surface area (Å²) in [6.07, 6.45) is 7.32. The Morgan fingerprint density at radius 1 is 1.23 bits per heavy atom. The van der Waals surface area contributed by atoms with Gasteiger partial charge in [0, 0.05) is 37.8 Å². The van der Waals surface area contributed by atoms with Gasteiger partial charge >= 0.3 is 0 Å². The van der Waals surface area contributed by atoms with Crippen LogP contribution in [-0.4, -0.2) is 53.0 Å². The normalized spacial score (nSPS) is 21.3. The van der Waals surface area contributed by atoms with Crippen molar-refractivity contribution in [2.24, 2.45) is 0 Å². The van der Waals surface area contributed by atoms with Crippen molar-refractivity contribution in [2.75, 3.05) is 19.7 Å². The first kappa shape index (κ1) is 20.5. The summed E-state index contributed by atoms with van der Waals surface area (Å²) in [5, 5.41) is 3.11. The van der Waals surface area contributed by atoms with Gasteiger partial charge in [-0.25, -0.2) is 0 Å². The molecule has 1 saturated heterocycles. The van der Waals surface area contributed by atoms with Crippen LogP contribution in [0.3, 0.4) is 0 Å². The molecule has 2 aromatic rings. The molecule has 2 heterocycles. The minimum absolute atomic E-state index is 0.0912. The first-order valence-corrected chi connectivity index (χ1v) is 10.8. The molecule has 6 heteroatoms. The minimum atomic E-state index is -1.06. The van der Waals surface area contributed by atoms with Crippen molar-refractivity contribution in [3.63, 3.8) is 0 Å². The number of nitrogens with zero attached hydrogens (tertiary/aromatic N) is 2. The molecule has 0 unspecified atom stereocenters. The zero-order chi connectivity index (χ0) is 21.0. The second-order valence-electron chi connectivity index (χ2n) is 8.27. The maximum Gasteiger partial charge on any atom is 0.254 e. The fourth-order valence-electron chi connectivity index (χ4n) is 3.96. The number of carbonyl (C=O) groups excluding carboxylic acids is 2. The summed E-state index contributed by atoms with van der Waals surface area (Å²) in [4.78, 5) is 31.8. The highest BCUT2D eigenvalue weighted by atomic mass is 16.5. The molecular weight excluding hydrogens is 378 g/mol. The van der Waals surface area contributed by atoms with E-state index in [9.17, 15) is 9.59 Å². The average Bonchev–Trinajstić information content (AvgIpc) is 3.59. The number of hydrogen-bond acceptors (Lipinski definition) is 4. The van der Waals surface area contributed by atoms with E-state index in [0.29, 0.717) is 32.5 Å². The fourth-order valence-corrected chi connectivity index (χ4v) is 3.96. The lowest BCUT2D eigenvalue weighted by Crippen LogP contribution is -2.62. The number of rotatable bonds is 7. The molecule has 0 bridgehead atoms. The molecule has 158 valence electrons. The maximum absolute atomic E-state index is 13.3. The quantitative estimate of drug-likeness (QED) is 0.766. The van der Waals surface area contributed by atoms with Crippen molar-refractivity contribution in [1.29, 1.82) is 0 Å². The second kappa shape index (κ2) is 8.96. The van der Waals surface area contributed by atoms with Gasteiger partial charge in [-0.05, 0) is 42.0 Å². The monoisotopic (exact) mass is 407 g/mol. The van der Waals surface area contributed by atoms with E-state index in [4.69, 9.17) is 4.74 Å². The van der Waals surface area contributed by atoms with Crippen LogP contribution in [0.4, 0.5) is 0 Å². The van der Waals surface area contributed by atoms with Crippen LogP contribution in [0.1, 0.15) is 38.2 Å². The number of morpholine rings is 1. The van der Waals surface area contributed by atoms with Gasteiger partial charge in [0.1, 0.15) is 0 Å². The van der Waals surface area contributed by atoms with Crippen LogP contribution in [0, 0.1) is 0 Å². The van der Waals surface area contributed by atoms with E-state index in [1.807, 2.05) is 43.5 Å². The number of amides is 2. The van der Waals surface area contributed by atoms with Gasteiger partial charge in [-0.15, -0.1) is 0 Å². The van der Waals surface area contributed by atoms with Crippen LogP contribution in [0.5, 0.6) is 0 Å². The molecule has 30 heavy (non-hydrogen) atoms. The molecule has 1 atom stereocenters. The fraction of sp³-hybridized carbons (Fsp3) is 0.458. The number of hydrogen-bond donors (Lipinski definition) is 1. The Hall–Kier alpha value is -2.73. The molecule has 2 fully saturated rings. The van der Waals surface area contributed by atoms with Crippen molar-refractivity contribution >= 4 is 11.8 Å². The van der Waals surface area contributed by atoms with Gasteiger partial charge in [-0.1, -0.05) is 37.3 Å². The summed E-state index contributed by atoms with van der Waals surface area (Å²) in [5.74, 6) is -0.0145. The molecule has 1 aliphatic carbocycles. The topological polar surface area (TPSA) is 71.5 Å². The first-order valence-electron chi connectivity index (χ1n) is 10.8. The lowest BCUT2D eigenvalue weighted by molar-refractivity contribution is -0.166. The Kier molecular flexibility index (Phi) is 6.13. The van der Waals surface area contributed by atoms with Crippen LogP contribution in [0.15, 0.2) is 48.8 Å². The largest absolute Gasteiger partial charge is 0.361 e. The Labute approximate surface area is 177 Å². The molecule has 1 aromatic heterocycles. The van der Waals surface area contributed by atoms with Crippen molar-refractivity contribution in [2.45, 2.75) is 50.7 Å². The summed E-state index contributed by atoms with van der Waals surface area (Å²) in [5.41, 5.74) is 2.03. The SMILES string of the molecule is CCCC(=O)N1CCO[C@](Cc2cccc(-c3cccnc3)c2)(C(=O)NC2CC2)C1. The van der Waals surface area contributed by atoms with Crippen LogP contribution in [0.25, 0.3) is 11.1 Å². The molecule has 2 amide bonds. The van der Waals surface area contributed by atoms with Crippen LogP contribution in [0.2, 0.25) is 0 Å². The minimum Gasteiger partial charge on any atom is -0.361 e. The van der Waals surface area contributed by atoms with Gasteiger partial charge in [-0.3, -0.25) is 14.6 Å². The van der Waals surface area contributed by atoms with Gasteiger partial charge < -0.3 is 15.0 Å². The standard InChI is InChI=1S/C24H29N3O3/c1-2-5-22(28)27-12-13-30-24(17-27,23(29)26-21-9-10-21)15-18-6-3-7-19(14-18)20-8-4-11-25-16-20/h3-4,6-8,11,14,16,21H,2,5,9-10,12-13,15,17H2,1H3,(H,26,29)/t24-/m0/s1. The predicted molar refractivity (Wildman–Crippen MR) is 115 cm³/mol. The van der Waals surface area contributed by atoms with Crippen molar-refractivity contribution in [3.05, 3.63) is 54.4 Å². The number of pyridine rings is 1. The van der Waals surface area contributed by atoms with Gasteiger partial charge in [0.25, 0.3) is 5.91 Å². The Morgan fingerprint density at radius 2 is 2.07 bits per heavy atom. The van der Waals surface area contributed by atoms with Crippen molar-refractivity contribution in [3.8, 4) is 11.1 Å². The highest BCUT2D eigenvalue weighted by Gasteiger charge is 2.46. The first-order chi connectivity index (χ1) is 14.6. The van der Waals surface area contributed by atoms with E-state index in [0.717, 1.165) is 36.0 Å². The molecule has 0 radical (unpaired) electrons. The van der Waals surface area contributed by atoms with Gasteiger partial charge in [-0.2, -0.15) is 0 Å². The van der Waals surface area contributed by atoms with Crippen molar-refractivity contribution in [1.82, 2.24) is 15.2 Å². The number of nitrogens with one attached hydrogen (secondary N) is 1. The Balaban J connectivity index is 1.60. The molecule has 2 aliphatic rings. The van der Waals surface area contributed by atoms with E-state index < -0.39 is 5.60 Å². The van der Waals surface area contributed by atoms with E-state index in [1.54, 1.807) is 11.1 Å². The molecule has 1 aliphatic heterocycles. The highest BCUT2D eigenvalue weighted by Crippen LogP contribution is 2.29. The Bertz CT molecular complexity index is 898. The number of benzene rings is 1. The molecule has 1 saturated carbocycles. The van der Waals surface area contributed by atoms with E-state index in [2.05, 4.69) is 16.4 Å². The number of carbonyl (C=O) groups is 2. The number of ether oxygens (including phenoxy) is 1. The van der Waals surface area contributed by atoms with E-state index in [-0.39, 0.29) is 17.9 Å². The van der Waals surface area contributed by atoms with Gasteiger partial charge in [0.15, 0.2) is 5.60 Å². The van der Waals surface area contributed by atoms with Crippen molar-refractivity contribution < 1.29 is 14.3 Å². The lowest BCUT2D eigenvalue weighted by atomic mass is 9.89. The third-order valence-corrected chi connectivity index (χ3v) is 5.74. The van der Waals surface area contributed by atoms with Gasteiger partial charge in [0.2, 0.25) is 5.91 Å².